The Bertz CT molecular complexity index is 1450. The molecule has 7 atom stereocenters. The molecule has 2 aromatic carbocycles. The van der Waals surface area contributed by atoms with E-state index in [1.54, 1.807) is 44.9 Å². The van der Waals surface area contributed by atoms with Crippen LogP contribution in [0.5, 0.6) is 0 Å². The Morgan fingerprint density at radius 3 is 2.18 bits per heavy atom. The number of likely N-dealkylation sites (tertiary alicyclic amines) is 1. The van der Waals surface area contributed by atoms with Crippen molar-refractivity contribution in [2.24, 2.45) is 17.3 Å². The van der Waals surface area contributed by atoms with E-state index in [0.717, 1.165) is 24.8 Å². The monoisotopic (exact) mass is 706 g/mol. The van der Waals surface area contributed by atoms with E-state index in [0.29, 0.717) is 24.9 Å². The van der Waals surface area contributed by atoms with Crippen molar-refractivity contribution < 1.29 is 33.8 Å². The van der Waals surface area contributed by atoms with Crippen molar-refractivity contribution in [2.45, 2.75) is 103 Å². The van der Waals surface area contributed by atoms with Gasteiger partial charge in [0.1, 0.15) is 0 Å². The van der Waals surface area contributed by atoms with Gasteiger partial charge in [-0.15, -0.1) is 0 Å². The number of hydrogen-bond acceptors (Lipinski definition) is 7. The fourth-order valence-electron chi connectivity index (χ4n) is 7.47. The van der Waals surface area contributed by atoms with Gasteiger partial charge in [0.25, 0.3) is 0 Å². The summed E-state index contributed by atoms with van der Waals surface area (Å²) in [5, 5.41) is 16.6. The van der Waals surface area contributed by atoms with Gasteiger partial charge in [-0.2, -0.15) is 0 Å². The summed E-state index contributed by atoms with van der Waals surface area (Å²) in [4.78, 5) is 57.4. The van der Waals surface area contributed by atoms with Crippen molar-refractivity contribution in [1.29, 1.82) is 0 Å². The molecule has 3 N–H and O–H groups in total. The number of ether oxygens (including phenoxy) is 2. The number of nitrogens with zero attached hydrogens (tertiary/aromatic N) is 2. The van der Waals surface area contributed by atoms with E-state index in [-0.39, 0.29) is 54.6 Å². The molecule has 1 saturated heterocycles. The van der Waals surface area contributed by atoms with Crippen LogP contribution in [0.15, 0.2) is 60.7 Å². The number of nitrogens with one attached hydrogen (secondary N) is 2. The zero-order valence-electron chi connectivity index (χ0n) is 31.3. The molecule has 2 aromatic rings. The van der Waals surface area contributed by atoms with E-state index in [4.69, 9.17) is 9.47 Å². The summed E-state index contributed by atoms with van der Waals surface area (Å²) in [6.45, 7) is 7.67. The molecule has 1 heterocycles. The van der Waals surface area contributed by atoms with Crippen LogP contribution in [0.25, 0.3) is 0 Å². The number of rotatable bonds is 18. The third kappa shape index (κ3) is 10.4. The molecule has 11 heteroatoms. The lowest BCUT2D eigenvalue weighted by Gasteiger charge is -2.37. The molecule has 1 aliphatic carbocycles. The molecule has 0 aromatic heterocycles. The molecule has 4 amide bonds. The fourth-order valence-corrected chi connectivity index (χ4v) is 7.47. The van der Waals surface area contributed by atoms with Gasteiger partial charge >= 0.3 is 0 Å². The summed E-state index contributed by atoms with van der Waals surface area (Å²) in [7, 11) is 4.84. The zero-order chi connectivity index (χ0) is 37.3. The van der Waals surface area contributed by atoms with E-state index in [1.165, 1.54) is 0 Å². The Kier molecular flexibility index (Phi) is 14.2. The maximum Gasteiger partial charge on any atom is 0.242 e. The molecule has 280 valence electrons. The maximum atomic E-state index is 14.0. The normalized spacial score (nSPS) is 19.7. The second-order valence-corrected chi connectivity index (χ2v) is 15.0. The topological polar surface area (TPSA) is 138 Å². The summed E-state index contributed by atoms with van der Waals surface area (Å²) in [5.41, 5.74) is 1.06. The second-order valence-electron chi connectivity index (χ2n) is 15.0. The third-order valence-corrected chi connectivity index (χ3v) is 10.7. The summed E-state index contributed by atoms with van der Waals surface area (Å²) in [6, 6.07) is 17.8. The van der Waals surface area contributed by atoms with Gasteiger partial charge in [-0.05, 0) is 56.1 Å². The Balaban J connectivity index is 1.36. The van der Waals surface area contributed by atoms with Crippen LogP contribution >= 0.6 is 0 Å². The van der Waals surface area contributed by atoms with E-state index in [1.807, 2.05) is 74.5 Å². The van der Waals surface area contributed by atoms with Crippen molar-refractivity contribution in [1.82, 2.24) is 20.4 Å². The first-order valence-electron chi connectivity index (χ1n) is 18.2. The summed E-state index contributed by atoms with van der Waals surface area (Å²) < 4.78 is 11.8. The molecule has 0 radical (unpaired) electrons. The molecule has 2 fully saturated rings. The third-order valence-electron chi connectivity index (χ3n) is 10.7. The van der Waals surface area contributed by atoms with Crippen molar-refractivity contribution in [2.75, 3.05) is 34.4 Å². The number of benzene rings is 2. The number of aliphatic hydroxyl groups excluding tert-OH is 1. The number of amides is 4. The minimum Gasteiger partial charge on any atom is -0.386 e. The van der Waals surface area contributed by atoms with Crippen molar-refractivity contribution in [3.8, 4) is 0 Å². The highest BCUT2D eigenvalue weighted by Gasteiger charge is 2.45. The Morgan fingerprint density at radius 1 is 0.961 bits per heavy atom. The molecule has 11 nitrogen and oxygen atoms in total. The molecule has 1 aliphatic heterocycles. The van der Waals surface area contributed by atoms with Gasteiger partial charge in [-0.1, -0.05) is 81.4 Å². The Morgan fingerprint density at radius 2 is 1.59 bits per heavy atom. The highest BCUT2D eigenvalue weighted by molar-refractivity contribution is 5.88. The van der Waals surface area contributed by atoms with Gasteiger partial charge in [0.05, 0.1) is 55.3 Å². The predicted molar refractivity (Wildman–Crippen MR) is 195 cm³/mol. The summed E-state index contributed by atoms with van der Waals surface area (Å²) in [5.74, 6) is -1.22. The van der Waals surface area contributed by atoms with Gasteiger partial charge < -0.3 is 35.0 Å². The highest BCUT2D eigenvalue weighted by atomic mass is 16.5. The van der Waals surface area contributed by atoms with Gasteiger partial charge in [0.2, 0.25) is 23.6 Å². The largest absolute Gasteiger partial charge is 0.386 e. The number of methoxy groups -OCH3 is 2. The van der Waals surface area contributed by atoms with Crippen molar-refractivity contribution in [3.63, 3.8) is 0 Å². The Hall–Kier alpha value is -3.80. The summed E-state index contributed by atoms with van der Waals surface area (Å²) in [6.07, 6.45) is 1.95. The van der Waals surface area contributed by atoms with Crippen LogP contribution in [0, 0.1) is 17.3 Å². The lowest BCUT2D eigenvalue weighted by atomic mass is 9.85. The second kappa shape index (κ2) is 18.1. The molecule has 1 saturated carbocycles. The SMILES string of the molecule is COC(CC(=O)N1CCCC1C(OC)C(C)C(=O)NC(C)C(O)c1ccccc1)C(C1CC1)N(C)C(=O)CNC(=O)C(C)(C)Cc1ccccc1. The minimum absolute atomic E-state index is 0.0690. The smallest absolute Gasteiger partial charge is 0.242 e. The highest BCUT2D eigenvalue weighted by Crippen LogP contribution is 2.38. The molecular formula is C40H58N4O7. The van der Waals surface area contributed by atoms with Crippen LogP contribution in [0.3, 0.4) is 0 Å². The average Bonchev–Trinajstić information content (AvgIpc) is 3.84. The summed E-state index contributed by atoms with van der Waals surface area (Å²) >= 11 is 0. The molecule has 7 unspecified atom stereocenters. The predicted octanol–water partition coefficient (Wildman–Crippen LogP) is 3.89. The zero-order valence-corrected chi connectivity index (χ0v) is 31.3. The number of likely N-dealkylation sites (N-methyl/N-ethyl adjacent to an activating group) is 1. The quantitative estimate of drug-likeness (QED) is 0.214. The van der Waals surface area contributed by atoms with Crippen molar-refractivity contribution >= 4 is 23.6 Å². The first-order valence-corrected chi connectivity index (χ1v) is 18.2. The fraction of sp³-hybridized carbons (Fsp3) is 0.600. The van der Waals surface area contributed by atoms with Crippen LogP contribution < -0.4 is 10.6 Å². The molecule has 0 bridgehead atoms. The molecular weight excluding hydrogens is 648 g/mol. The van der Waals surface area contributed by atoms with Crippen LogP contribution in [-0.2, 0) is 35.1 Å². The lowest BCUT2D eigenvalue weighted by molar-refractivity contribution is -0.145. The van der Waals surface area contributed by atoms with Crippen LogP contribution in [0.1, 0.15) is 77.0 Å². The average molecular weight is 707 g/mol. The lowest BCUT2D eigenvalue weighted by Crippen LogP contribution is -2.54. The van der Waals surface area contributed by atoms with Crippen LogP contribution in [-0.4, -0.2) is 103 Å². The number of aliphatic hydroxyl groups is 1. The minimum atomic E-state index is -0.869. The molecule has 51 heavy (non-hydrogen) atoms. The number of carbonyl (C=O) groups is 4. The molecule has 2 aliphatic rings. The van der Waals surface area contributed by atoms with Crippen LogP contribution in [0.4, 0.5) is 0 Å². The van der Waals surface area contributed by atoms with E-state index < -0.39 is 35.7 Å². The van der Waals surface area contributed by atoms with E-state index >= 15 is 0 Å². The maximum absolute atomic E-state index is 14.0. The molecule has 4 rings (SSSR count). The van der Waals surface area contributed by atoms with Gasteiger partial charge in [0, 0.05) is 33.2 Å². The van der Waals surface area contributed by atoms with E-state index in [9.17, 15) is 24.3 Å². The number of hydrogen-bond donors (Lipinski definition) is 3. The first-order chi connectivity index (χ1) is 24.3. The van der Waals surface area contributed by atoms with Gasteiger partial charge in [-0.3, -0.25) is 19.2 Å². The van der Waals surface area contributed by atoms with E-state index in [2.05, 4.69) is 10.6 Å². The standard InChI is InChI=1S/C40H58N4O7/c1-26(38(48)42-27(2)36(47)30-17-12-9-13-18-30)37(51-7)31-19-14-22-44(31)33(45)23-32(50-6)35(29-20-21-29)43(5)34(46)25-41-39(49)40(3,4)24-28-15-10-8-11-16-28/h8-13,15-18,26-27,29,31-32,35-37,47H,14,19-25H2,1-7H3,(H,41,49)(H,42,48). The number of carbonyl (C=O) groups excluding carboxylic acids is 4. The first kappa shape index (κ1) is 40.0. The van der Waals surface area contributed by atoms with Gasteiger partial charge in [-0.25, -0.2) is 0 Å². The Labute approximate surface area is 303 Å². The van der Waals surface area contributed by atoms with Crippen LogP contribution in [0.2, 0.25) is 0 Å². The van der Waals surface area contributed by atoms with Gasteiger partial charge in [0.15, 0.2) is 0 Å². The van der Waals surface area contributed by atoms with Crippen molar-refractivity contribution in [3.05, 3.63) is 71.8 Å². The molecule has 0 spiro atoms.